The summed E-state index contributed by atoms with van der Waals surface area (Å²) in [5.41, 5.74) is 2.38. The minimum atomic E-state index is -0.0544. The smallest absolute Gasteiger partial charge is 0.228 e. The average Bonchev–Trinajstić information content (AvgIpc) is 2.73. The highest BCUT2D eigenvalue weighted by molar-refractivity contribution is 8.00. The van der Waals surface area contributed by atoms with E-state index in [4.69, 9.17) is 4.74 Å². The summed E-state index contributed by atoms with van der Waals surface area (Å²) in [6.07, 6.45) is 0.341. The van der Waals surface area contributed by atoms with Crippen molar-refractivity contribution < 1.29 is 14.3 Å². The van der Waals surface area contributed by atoms with Crippen LogP contribution in [0.15, 0.2) is 83.8 Å². The van der Waals surface area contributed by atoms with Crippen LogP contribution < -0.4 is 10.1 Å². The Morgan fingerprint density at radius 1 is 0.893 bits per heavy atom. The first kappa shape index (κ1) is 19.7. The van der Waals surface area contributed by atoms with Crippen molar-refractivity contribution in [1.29, 1.82) is 0 Å². The minimum absolute atomic E-state index is 0.0544. The molecular formula is C23H21NO3S. The predicted molar refractivity (Wildman–Crippen MR) is 113 cm³/mol. The molecule has 28 heavy (non-hydrogen) atoms. The Morgan fingerprint density at radius 3 is 2.21 bits per heavy atom. The number of ether oxygens (including phenoxy) is 1. The van der Waals surface area contributed by atoms with E-state index >= 15 is 0 Å². The first-order chi connectivity index (χ1) is 13.6. The maximum atomic E-state index is 12.3. The molecule has 0 radical (unpaired) electrons. The number of carbonyl (C=O) groups excluding carboxylic acids is 2. The lowest BCUT2D eigenvalue weighted by molar-refractivity contribution is -0.115. The van der Waals surface area contributed by atoms with Gasteiger partial charge in [0.05, 0.1) is 19.3 Å². The van der Waals surface area contributed by atoms with Gasteiger partial charge in [-0.2, -0.15) is 0 Å². The molecule has 3 aromatic rings. The highest BCUT2D eigenvalue weighted by Gasteiger charge is 2.08. The van der Waals surface area contributed by atoms with Gasteiger partial charge in [-0.05, 0) is 54.1 Å². The highest BCUT2D eigenvalue weighted by Crippen LogP contribution is 2.22. The molecule has 0 bridgehead atoms. The number of carbonyl (C=O) groups is 2. The summed E-state index contributed by atoms with van der Waals surface area (Å²) in [6, 6.07) is 24.2. The van der Waals surface area contributed by atoms with Crippen molar-refractivity contribution in [3.05, 3.63) is 90.0 Å². The van der Waals surface area contributed by atoms with Crippen molar-refractivity contribution >= 4 is 29.1 Å². The van der Waals surface area contributed by atoms with Crippen molar-refractivity contribution in [1.82, 2.24) is 0 Å². The fraction of sp³-hybridized carbons (Fsp3) is 0.130. The molecule has 4 nitrogen and oxygen atoms in total. The molecule has 0 unspecified atom stereocenters. The van der Waals surface area contributed by atoms with Crippen molar-refractivity contribution in [3.63, 3.8) is 0 Å². The summed E-state index contributed by atoms with van der Waals surface area (Å²) >= 11 is 1.47. The molecule has 0 saturated heterocycles. The second-order valence-electron chi connectivity index (χ2n) is 6.18. The van der Waals surface area contributed by atoms with Crippen LogP contribution in [0.3, 0.4) is 0 Å². The van der Waals surface area contributed by atoms with Crippen LogP contribution in [-0.4, -0.2) is 24.6 Å². The number of methoxy groups -OCH3 is 1. The Kier molecular flexibility index (Phi) is 6.87. The fourth-order valence-electron chi connectivity index (χ4n) is 2.63. The van der Waals surface area contributed by atoms with Crippen molar-refractivity contribution in [2.24, 2.45) is 0 Å². The molecule has 0 aromatic heterocycles. The van der Waals surface area contributed by atoms with Crippen molar-refractivity contribution in [2.45, 2.75) is 11.3 Å². The molecule has 142 valence electrons. The summed E-state index contributed by atoms with van der Waals surface area (Å²) < 4.78 is 5.10. The Bertz CT molecular complexity index is 922. The fourth-order valence-corrected chi connectivity index (χ4v) is 3.42. The Morgan fingerprint density at radius 2 is 1.57 bits per heavy atom. The van der Waals surface area contributed by atoms with Gasteiger partial charge in [0.2, 0.25) is 5.91 Å². The number of benzene rings is 3. The van der Waals surface area contributed by atoms with Gasteiger partial charge in [0.15, 0.2) is 5.78 Å². The van der Waals surface area contributed by atoms with Crippen LogP contribution in [-0.2, 0) is 11.2 Å². The Hall–Kier alpha value is -3.05. The summed E-state index contributed by atoms with van der Waals surface area (Å²) in [4.78, 5) is 25.4. The van der Waals surface area contributed by atoms with E-state index in [0.29, 0.717) is 17.7 Å². The van der Waals surface area contributed by atoms with E-state index in [1.54, 1.807) is 31.4 Å². The summed E-state index contributed by atoms with van der Waals surface area (Å²) in [5.74, 6) is 1.09. The number of nitrogens with one attached hydrogen (secondary N) is 1. The molecule has 0 heterocycles. The van der Waals surface area contributed by atoms with E-state index in [-0.39, 0.29) is 11.7 Å². The van der Waals surface area contributed by atoms with Crippen LogP contribution in [0.4, 0.5) is 5.69 Å². The minimum Gasteiger partial charge on any atom is -0.497 e. The van der Waals surface area contributed by atoms with Crippen molar-refractivity contribution in [2.75, 3.05) is 18.2 Å². The van der Waals surface area contributed by atoms with E-state index in [0.717, 1.165) is 21.9 Å². The maximum Gasteiger partial charge on any atom is 0.228 e. The predicted octanol–water partition coefficient (Wildman–Crippen LogP) is 4.85. The standard InChI is InChI=1S/C23H21NO3S/c1-27-20-11-7-18(8-12-20)22(25)16-28-21-13-9-19(10-14-21)24-23(26)15-17-5-3-2-4-6-17/h2-14H,15-16H2,1H3,(H,24,26). The zero-order chi connectivity index (χ0) is 19.8. The molecule has 1 amide bonds. The molecule has 3 rings (SSSR count). The van der Waals surface area contributed by atoms with Gasteiger partial charge in [-0.1, -0.05) is 30.3 Å². The number of rotatable bonds is 8. The topological polar surface area (TPSA) is 55.4 Å². The number of Topliss-reactive ketones (excluding diaryl/α,β-unsaturated/α-hetero) is 1. The highest BCUT2D eigenvalue weighted by atomic mass is 32.2. The van der Waals surface area contributed by atoms with Crippen LogP contribution in [0.5, 0.6) is 5.75 Å². The van der Waals surface area contributed by atoms with E-state index < -0.39 is 0 Å². The molecule has 0 saturated carbocycles. The number of anilines is 1. The lowest BCUT2D eigenvalue weighted by atomic mass is 10.1. The largest absolute Gasteiger partial charge is 0.497 e. The summed E-state index contributed by atoms with van der Waals surface area (Å²) in [6.45, 7) is 0. The second-order valence-corrected chi connectivity index (χ2v) is 7.22. The van der Waals surface area contributed by atoms with Gasteiger partial charge in [0.1, 0.15) is 5.75 Å². The molecular weight excluding hydrogens is 370 g/mol. The van der Waals surface area contributed by atoms with Gasteiger partial charge in [0, 0.05) is 16.1 Å². The lowest BCUT2D eigenvalue weighted by Gasteiger charge is -2.07. The molecule has 0 spiro atoms. The van der Waals surface area contributed by atoms with Gasteiger partial charge in [-0.25, -0.2) is 0 Å². The van der Waals surface area contributed by atoms with E-state index in [1.165, 1.54) is 11.8 Å². The molecule has 5 heteroatoms. The molecule has 0 aliphatic carbocycles. The van der Waals surface area contributed by atoms with Gasteiger partial charge in [-0.15, -0.1) is 11.8 Å². The normalized spacial score (nSPS) is 10.3. The third kappa shape index (κ3) is 5.72. The van der Waals surface area contributed by atoms with Crippen molar-refractivity contribution in [3.8, 4) is 5.75 Å². The monoisotopic (exact) mass is 391 g/mol. The van der Waals surface area contributed by atoms with Crippen LogP contribution in [0.25, 0.3) is 0 Å². The van der Waals surface area contributed by atoms with Crippen LogP contribution >= 0.6 is 11.8 Å². The molecule has 0 aliphatic rings. The van der Waals surface area contributed by atoms with Crippen LogP contribution in [0.1, 0.15) is 15.9 Å². The number of hydrogen-bond donors (Lipinski definition) is 1. The number of amides is 1. The third-order valence-corrected chi connectivity index (χ3v) is 5.14. The maximum absolute atomic E-state index is 12.3. The molecule has 0 aliphatic heterocycles. The number of ketones is 1. The molecule has 0 fully saturated rings. The van der Waals surface area contributed by atoms with E-state index in [2.05, 4.69) is 5.32 Å². The summed E-state index contributed by atoms with van der Waals surface area (Å²) in [5, 5.41) is 2.89. The van der Waals surface area contributed by atoms with E-state index in [9.17, 15) is 9.59 Å². The first-order valence-electron chi connectivity index (χ1n) is 8.88. The quantitative estimate of drug-likeness (QED) is 0.440. The number of hydrogen-bond acceptors (Lipinski definition) is 4. The SMILES string of the molecule is COc1ccc(C(=O)CSc2ccc(NC(=O)Cc3ccccc3)cc2)cc1. The lowest BCUT2D eigenvalue weighted by Crippen LogP contribution is -2.14. The first-order valence-corrected chi connectivity index (χ1v) is 9.86. The molecule has 3 aromatic carbocycles. The zero-order valence-corrected chi connectivity index (χ0v) is 16.4. The summed E-state index contributed by atoms with van der Waals surface area (Å²) in [7, 11) is 1.60. The van der Waals surface area contributed by atoms with Gasteiger partial charge >= 0.3 is 0 Å². The van der Waals surface area contributed by atoms with Gasteiger partial charge < -0.3 is 10.1 Å². The van der Waals surface area contributed by atoms with Gasteiger partial charge in [0.25, 0.3) is 0 Å². The van der Waals surface area contributed by atoms with E-state index in [1.807, 2.05) is 54.6 Å². The van der Waals surface area contributed by atoms with Crippen LogP contribution in [0.2, 0.25) is 0 Å². The second kappa shape index (κ2) is 9.76. The zero-order valence-electron chi connectivity index (χ0n) is 15.6. The Balaban J connectivity index is 1.49. The third-order valence-electron chi connectivity index (χ3n) is 4.13. The average molecular weight is 391 g/mol. The molecule has 1 N–H and O–H groups in total. The Labute approximate surface area is 168 Å². The van der Waals surface area contributed by atoms with Crippen LogP contribution in [0, 0.1) is 0 Å². The number of thioether (sulfide) groups is 1. The van der Waals surface area contributed by atoms with Gasteiger partial charge in [-0.3, -0.25) is 9.59 Å². The molecule has 0 atom stereocenters.